The molecule has 0 radical (unpaired) electrons. The lowest BCUT2D eigenvalue weighted by atomic mass is 10.0. The lowest BCUT2D eigenvalue weighted by Crippen LogP contribution is -2.22. The highest BCUT2D eigenvalue weighted by Gasteiger charge is 2.14. The monoisotopic (exact) mass is 285 g/mol. The number of rotatable bonds is 3. The lowest BCUT2D eigenvalue weighted by Gasteiger charge is -2.17. The first-order chi connectivity index (χ1) is 9.78. The van der Waals surface area contributed by atoms with Crippen LogP contribution < -0.4 is 0 Å². The van der Waals surface area contributed by atoms with Crippen molar-refractivity contribution in [2.24, 2.45) is 0 Å². The van der Waals surface area contributed by atoms with E-state index in [4.69, 9.17) is 4.74 Å². The first kappa shape index (κ1) is 15.0. The van der Waals surface area contributed by atoms with Gasteiger partial charge in [0.05, 0.1) is 0 Å². The van der Waals surface area contributed by atoms with Crippen molar-refractivity contribution < 1.29 is 14.3 Å². The van der Waals surface area contributed by atoms with E-state index < -0.39 is 11.6 Å². The summed E-state index contributed by atoms with van der Waals surface area (Å²) in [5.41, 5.74) is 1.78. The van der Waals surface area contributed by atoms with Gasteiger partial charge in [0.25, 0.3) is 0 Å². The molecule has 1 aromatic carbocycles. The van der Waals surface area contributed by atoms with Crippen LogP contribution in [0.3, 0.4) is 0 Å². The average molecular weight is 285 g/mol. The van der Waals surface area contributed by atoms with Crippen LogP contribution >= 0.6 is 0 Å². The summed E-state index contributed by atoms with van der Waals surface area (Å²) >= 11 is 0. The van der Waals surface area contributed by atoms with E-state index >= 15 is 0 Å². The first-order valence-corrected chi connectivity index (χ1v) is 6.80. The maximum absolute atomic E-state index is 11.7. The van der Waals surface area contributed by atoms with Crippen molar-refractivity contribution in [3.8, 4) is 0 Å². The molecule has 110 valence electrons. The van der Waals surface area contributed by atoms with Gasteiger partial charge in [-0.05, 0) is 45.4 Å². The average Bonchev–Trinajstić information content (AvgIpc) is 2.78. The molecule has 0 aliphatic carbocycles. The molecule has 1 heterocycles. The number of benzene rings is 1. The summed E-state index contributed by atoms with van der Waals surface area (Å²) in [6, 6.07) is 5.63. The minimum absolute atomic E-state index is 0.0145. The van der Waals surface area contributed by atoms with E-state index in [1.165, 1.54) is 13.0 Å². The second kappa shape index (κ2) is 5.56. The van der Waals surface area contributed by atoms with E-state index in [-0.39, 0.29) is 5.78 Å². The van der Waals surface area contributed by atoms with Crippen LogP contribution in [-0.4, -0.2) is 22.3 Å². The highest BCUT2D eigenvalue weighted by atomic mass is 16.6. The van der Waals surface area contributed by atoms with Crippen molar-refractivity contribution in [2.45, 2.75) is 33.3 Å². The fourth-order valence-corrected chi connectivity index (χ4v) is 2.12. The predicted molar refractivity (Wildman–Crippen MR) is 83.2 cm³/mol. The van der Waals surface area contributed by atoms with Crippen molar-refractivity contribution in [2.75, 3.05) is 0 Å². The number of hydrogen-bond acceptors (Lipinski definition) is 3. The maximum atomic E-state index is 11.7. The molecule has 0 unspecified atom stereocenters. The molecule has 4 nitrogen and oxygen atoms in total. The Hall–Kier alpha value is -2.36. The highest BCUT2D eigenvalue weighted by molar-refractivity contribution is 6.09. The molecule has 4 heteroatoms. The molecule has 0 saturated carbocycles. The number of ether oxygens (including phenoxy) is 1. The molecule has 0 saturated heterocycles. The van der Waals surface area contributed by atoms with Crippen LogP contribution in [0.2, 0.25) is 0 Å². The van der Waals surface area contributed by atoms with E-state index in [2.05, 4.69) is 4.98 Å². The summed E-state index contributed by atoms with van der Waals surface area (Å²) in [4.78, 5) is 26.5. The van der Waals surface area contributed by atoms with Crippen LogP contribution in [0.25, 0.3) is 17.0 Å². The number of carbonyl (C=O) groups is 2. The van der Waals surface area contributed by atoms with E-state index in [1.54, 1.807) is 12.3 Å². The van der Waals surface area contributed by atoms with E-state index in [0.29, 0.717) is 5.56 Å². The number of carbonyl (C=O) groups excluding carboxylic acids is 2. The number of nitrogens with one attached hydrogen (secondary N) is 1. The second-order valence-electron chi connectivity index (χ2n) is 5.90. The summed E-state index contributed by atoms with van der Waals surface area (Å²) in [6.07, 6.45) is 4.76. The molecular formula is C17H19NO3. The first-order valence-electron chi connectivity index (χ1n) is 6.80. The third-order valence-electron chi connectivity index (χ3n) is 2.92. The lowest BCUT2D eigenvalue weighted by molar-refractivity contribution is -0.148. The number of esters is 1. The van der Waals surface area contributed by atoms with E-state index in [9.17, 15) is 9.59 Å². The molecule has 0 atom stereocenters. The van der Waals surface area contributed by atoms with Crippen LogP contribution in [0.4, 0.5) is 0 Å². The van der Waals surface area contributed by atoms with Crippen molar-refractivity contribution in [1.82, 2.24) is 4.98 Å². The third-order valence-corrected chi connectivity index (χ3v) is 2.92. The Morgan fingerprint density at radius 1 is 1.24 bits per heavy atom. The summed E-state index contributed by atoms with van der Waals surface area (Å²) in [5.74, 6) is -0.418. The van der Waals surface area contributed by atoms with Gasteiger partial charge in [-0.25, -0.2) is 4.79 Å². The van der Waals surface area contributed by atoms with Crippen LogP contribution in [0.5, 0.6) is 0 Å². The fraction of sp³-hybridized carbons (Fsp3) is 0.294. The Balaban J connectivity index is 2.36. The largest absolute Gasteiger partial charge is 0.457 e. The quantitative estimate of drug-likeness (QED) is 0.531. The van der Waals surface area contributed by atoms with Gasteiger partial charge in [0.2, 0.25) is 0 Å². The van der Waals surface area contributed by atoms with Crippen molar-refractivity contribution in [1.29, 1.82) is 0 Å². The molecule has 1 N–H and O–H groups in total. The number of Topliss-reactive ketones (excluding diaryl/α,β-unsaturated/α-hetero) is 1. The van der Waals surface area contributed by atoms with Crippen LogP contribution in [0.1, 0.15) is 43.6 Å². The second-order valence-corrected chi connectivity index (χ2v) is 5.90. The normalized spacial score (nSPS) is 12.0. The summed E-state index contributed by atoms with van der Waals surface area (Å²) in [7, 11) is 0. The number of hydrogen-bond donors (Lipinski definition) is 1. The summed E-state index contributed by atoms with van der Waals surface area (Å²) in [5, 5.41) is 0.824. The molecule has 2 rings (SSSR count). The van der Waals surface area contributed by atoms with Crippen molar-refractivity contribution in [3.05, 3.63) is 41.6 Å². The number of aromatic nitrogens is 1. The standard InChI is InChI=1S/C17H19NO3/c1-11(19)13-10-18-14-7-5-6-12(16(13)14)8-9-15(20)21-17(2,3)4/h5-10,18H,1-4H3/b9-8+. The third kappa shape index (κ3) is 3.60. The minimum atomic E-state index is -0.522. The van der Waals surface area contributed by atoms with Gasteiger partial charge in [-0.1, -0.05) is 12.1 Å². The SMILES string of the molecule is CC(=O)c1c[nH]c2cccc(/C=C/C(=O)OC(C)(C)C)c12. The number of H-pyrrole nitrogens is 1. The molecule has 0 amide bonds. The zero-order chi connectivity index (χ0) is 15.6. The molecule has 0 spiro atoms. The maximum Gasteiger partial charge on any atom is 0.331 e. The molecular weight excluding hydrogens is 266 g/mol. The molecule has 21 heavy (non-hydrogen) atoms. The summed E-state index contributed by atoms with van der Waals surface area (Å²) < 4.78 is 5.23. The van der Waals surface area contributed by atoms with Gasteiger partial charge in [-0.3, -0.25) is 4.79 Å². The highest BCUT2D eigenvalue weighted by Crippen LogP contribution is 2.24. The number of fused-ring (bicyclic) bond motifs is 1. The Morgan fingerprint density at radius 2 is 1.95 bits per heavy atom. The van der Waals surface area contributed by atoms with Crippen LogP contribution in [-0.2, 0) is 9.53 Å². The van der Waals surface area contributed by atoms with Gasteiger partial charge < -0.3 is 9.72 Å². The minimum Gasteiger partial charge on any atom is -0.457 e. The van der Waals surface area contributed by atoms with E-state index in [0.717, 1.165) is 16.5 Å². The Bertz CT molecular complexity index is 717. The molecule has 2 aromatic rings. The van der Waals surface area contributed by atoms with Gasteiger partial charge >= 0.3 is 5.97 Å². The van der Waals surface area contributed by atoms with Gasteiger partial charge in [0.1, 0.15) is 5.60 Å². The van der Waals surface area contributed by atoms with Gasteiger partial charge in [-0.15, -0.1) is 0 Å². The molecule has 0 aliphatic rings. The zero-order valence-electron chi connectivity index (χ0n) is 12.7. The van der Waals surface area contributed by atoms with Crippen LogP contribution in [0.15, 0.2) is 30.5 Å². The Kier molecular flexibility index (Phi) is 3.98. The predicted octanol–water partition coefficient (Wildman–Crippen LogP) is 3.73. The smallest absolute Gasteiger partial charge is 0.331 e. The van der Waals surface area contributed by atoms with Gasteiger partial charge in [0, 0.05) is 28.7 Å². The molecule has 1 aromatic heterocycles. The van der Waals surface area contributed by atoms with E-state index in [1.807, 2.05) is 39.0 Å². The van der Waals surface area contributed by atoms with Gasteiger partial charge in [-0.2, -0.15) is 0 Å². The molecule has 0 bridgehead atoms. The Labute approximate surface area is 123 Å². The topological polar surface area (TPSA) is 59.2 Å². The van der Waals surface area contributed by atoms with Crippen molar-refractivity contribution >= 4 is 28.7 Å². The fourth-order valence-electron chi connectivity index (χ4n) is 2.12. The molecule has 0 aliphatic heterocycles. The van der Waals surface area contributed by atoms with Gasteiger partial charge in [0.15, 0.2) is 5.78 Å². The van der Waals surface area contributed by atoms with Crippen LogP contribution in [0, 0.1) is 0 Å². The van der Waals surface area contributed by atoms with Crippen molar-refractivity contribution in [3.63, 3.8) is 0 Å². The molecule has 0 fully saturated rings. The Morgan fingerprint density at radius 3 is 2.57 bits per heavy atom. The zero-order valence-corrected chi connectivity index (χ0v) is 12.7. The number of aromatic amines is 1. The number of ketones is 1. The summed E-state index contributed by atoms with van der Waals surface area (Å²) in [6.45, 7) is 6.98.